The number of fused-ring (bicyclic) bond motifs is 2. The summed E-state index contributed by atoms with van der Waals surface area (Å²) >= 11 is 0. The lowest BCUT2D eigenvalue weighted by Crippen LogP contribution is -2.36. The van der Waals surface area contributed by atoms with Gasteiger partial charge in [0.1, 0.15) is 17.9 Å². The summed E-state index contributed by atoms with van der Waals surface area (Å²) in [5.41, 5.74) is 4.37. The van der Waals surface area contributed by atoms with E-state index in [1.54, 1.807) is 12.1 Å². The van der Waals surface area contributed by atoms with Gasteiger partial charge in [-0.25, -0.2) is 8.42 Å². The van der Waals surface area contributed by atoms with Crippen molar-refractivity contribution in [3.63, 3.8) is 0 Å². The molecule has 1 aliphatic heterocycles. The Bertz CT molecular complexity index is 1640. The number of hydrogen-bond acceptors (Lipinski definition) is 4. The zero-order chi connectivity index (χ0) is 27.1. The van der Waals surface area contributed by atoms with Crippen molar-refractivity contribution in [2.45, 2.75) is 50.7 Å². The minimum absolute atomic E-state index is 0.0497. The van der Waals surface area contributed by atoms with Gasteiger partial charge in [0.05, 0.1) is 4.90 Å². The Morgan fingerprint density at radius 1 is 0.974 bits per heavy atom. The van der Waals surface area contributed by atoms with Gasteiger partial charge in [-0.2, -0.15) is 4.31 Å². The van der Waals surface area contributed by atoms with Crippen LogP contribution in [0.15, 0.2) is 83.8 Å². The van der Waals surface area contributed by atoms with Gasteiger partial charge in [-0.3, -0.25) is 4.79 Å². The summed E-state index contributed by atoms with van der Waals surface area (Å²) in [6.07, 6.45) is 1.46. The van der Waals surface area contributed by atoms with Crippen LogP contribution in [0.25, 0.3) is 21.9 Å². The van der Waals surface area contributed by atoms with E-state index < -0.39 is 22.5 Å². The lowest BCUT2D eigenvalue weighted by atomic mass is 9.94. The summed E-state index contributed by atoms with van der Waals surface area (Å²) < 4.78 is 34.3. The predicted molar refractivity (Wildman–Crippen MR) is 149 cm³/mol. The molecule has 0 unspecified atom stereocenters. The second kappa shape index (κ2) is 9.89. The summed E-state index contributed by atoms with van der Waals surface area (Å²) in [6, 6.07) is 24.9. The van der Waals surface area contributed by atoms with E-state index in [9.17, 15) is 18.3 Å². The lowest BCUT2D eigenvalue weighted by Gasteiger charge is -2.33. The van der Waals surface area contributed by atoms with Crippen LogP contribution >= 0.6 is 0 Å². The number of benzene rings is 4. The van der Waals surface area contributed by atoms with Gasteiger partial charge in [-0.1, -0.05) is 60.7 Å². The fraction of sp³-hybridized carbons (Fsp3) is 0.258. The number of rotatable bonds is 7. The van der Waals surface area contributed by atoms with Crippen LogP contribution < -0.4 is 4.74 Å². The number of carbonyl (C=O) groups is 1. The largest absolute Gasteiger partial charge is 0.488 e. The van der Waals surface area contributed by atoms with Crippen molar-refractivity contribution in [2.24, 2.45) is 0 Å². The molecule has 1 heterocycles. The summed E-state index contributed by atoms with van der Waals surface area (Å²) in [4.78, 5) is 11.8. The molecule has 0 aromatic heterocycles. The summed E-state index contributed by atoms with van der Waals surface area (Å²) in [6.45, 7) is 5.31. The van der Waals surface area contributed by atoms with E-state index in [0.29, 0.717) is 12.2 Å². The molecule has 4 aromatic carbocycles. The first-order valence-corrected chi connectivity index (χ1v) is 14.1. The van der Waals surface area contributed by atoms with Crippen molar-refractivity contribution in [2.75, 3.05) is 6.54 Å². The number of aryl methyl sites for hydroxylation is 2. The van der Waals surface area contributed by atoms with E-state index in [1.165, 1.54) is 6.07 Å². The summed E-state index contributed by atoms with van der Waals surface area (Å²) in [5.74, 6) is -0.537. The first kappa shape index (κ1) is 25.9. The Hall–Kier alpha value is -3.68. The van der Waals surface area contributed by atoms with Crippen molar-refractivity contribution < 1.29 is 23.1 Å². The zero-order valence-corrected chi connectivity index (χ0v) is 22.6. The molecular formula is C31H31NO5S. The molecule has 5 rings (SSSR count). The molecule has 0 bridgehead atoms. The number of aliphatic carboxylic acids is 1. The molecule has 196 valence electrons. The predicted octanol–water partition coefficient (Wildman–Crippen LogP) is 6.19. The lowest BCUT2D eigenvalue weighted by molar-refractivity contribution is -0.137. The highest BCUT2D eigenvalue weighted by Crippen LogP contribution is 2.35. The highest BCUT2D eigenvalue weighted by atomic mass is 32.2. The topological polar surface area (TPSA) is 83.9 Å². The van der Waals surface area contributed by atoms with Crippen molar-refractivity contribution in [3.05, 3.63) is 95.6 Å². The van der Waals surface area contributed by atoms with Crippen molar-refractivity contribution >= 4 is 26.8 Å². The normalized spacial score (nSPS) is 14.7. The molecule has 38 heavy (non-hydrogen) atoms. The van der Waals surface area contributed by atoms with E-state index in [2.05, 4.69) is 24.3 Å². The Morgan fingerprint density at radius 3 is 2.50 bits per heavy atom. The number of sulfonamides is 1. The van der Waals surface area contributed by atoms with E-state index in [0.717, 1.165) is 49.3 Å². The highest BCUT2D eigenvalue weighted by Gasteiger charge is 2.31. The van der Waals surface area contributed by atoms with E-state index in [4.69, 9.17) is 4.74 Å². The van der Waals surface area contributed by atoms with Crippen LogP contribution in [0, 0.1) is 6.92 Å². The molecule has 0 fully saturated rings. The molecule has 0 amide bonds. The van der Waals surface area contributed by atoms with E-state index >= 15 is 0 Å². The average molecular weight is 530 g/mol. The first-order valence-electron chi connectivity index (χ1n) is 12.7. The third-order valence-corrected chi connectivity index (χ3v) is 8.88. The number of nitrogens with zero attached hydrogens (tertiary/aromatic N) is 1. The standard InChI is InChI=1S/C31H31NO5S/c1-21-17-22(11-13-26(21)28-10-6-8-23-7-4-5-9-27(23)28)19-32(20-30(33)34)38(35,36)25-12-14-29-24(18-25)15-16-31(2,3)37-29/h4-14,17-18H,15-16,19-20H2,1-3H3,(H,33,34). The minimum Gasteiger partial charge on any atom is -0.488 e. The third-order valence-electron chi connectivity index (χ3n) is 7.09. The van der Waals surface area contributed by atoms with E-state index in [1.807, 2.05) is 57.2 Å². The molecule has 1 aliphatic rings. The van der Waals surface area contributed by atoms with Crippen LogP contribution in [0.4, 0.5) is 0 Å². The fourth-order valence-electron chi connectivity index (χ4n) is 5.11. The van der Waals surface area contributed by atoms with Gasteiger partial charge in [0, 0.05) is 6.54 Å². The summed E-state index contributed by atoms with van der Waals surface area (Å²) in [7, 11) is -4.06. The fourth-order valence-corrected chi connectivity index (χ4v) is 6.54. The van der Waals surface area contributed by atoms with Crippen LogP contribution in [0.5, 0.6) is 5.75 Å². The maximum atomic E-state index is 13.6. The number of carboxylic acids is 1. The van der Waals surface area contributed by atoms with Crippen molar-refractivity contribution in [1.29, 1.82) is 0 Å². The molecule has 0 radical (unpaired) electrons. The molecule has 0 saturated carbocycles. The average Bonchev–Trinajstić information content (AvgIpc) is 2.87. The Balaban J connectivity index is 1.46. The van der Waals surface area contributed by atoms with Gasteiger partial charge in [-0.05, 0) is 90.4 Å². The van der Waals surface area contributed by atoms with Crippen molar-refractivity contribution in [3.8, 4) is 16.9 Å². The number of ether oxygens (including phenoxy) is 1. The molecule has 7 heteroatoms. The second-order valence-corrected chi connectivity index (χ2v) is 12.4. The molecule has 0 saturated heterocycles. The maximum absolute atomic E-state index is 13.6. The van der Waals surface area contributed by atoms with Crippen LogP contribution in [0.2, 0.25) is 0 Å². The molecule has 4 aromatic rings. The van der Waals surface area contributed by atoms with Gasteiger partial charge in [0.25, 0.3) is 0 Å². The van der Waals surface area contributed by atoms with Crippen LogP contribution in [-0.2, 0) is 27.8 Å². The number of hydrogen-bond donors (Lipinski definition) is 1. The third kappa shape index (κ3) is 5.17. The minimum atomic E-state index is -4.06. The van der Waals surface area contributed by atoms with Gasteiger partial charge < -0.3 is 9.84 Å². The quantitative estimate of drug-likeness (QED) is 0.308. The Morgan fingerprint density at radius 2 is 1.74 bits per heavy atom. The molecular weight excluding hydrogens is 498 g/mol. The molecule has 6 nitrogen and oxygen atoms in total. The van der Waals surface area contributed by atoms with Crippen LogP contribution in [-0.4, -0.2) is 35.9 Å². The molecule has 0 spiro atoms. The SMILES string of the molecule is Cc1cc(CN(CC(=O)O)S(=O)(=O)c2ccc3c(c2)CCC(C)(C)O3)ccc1-c1cccc2ccccc12. The van der Waals surface area contributed by atoms with E-state index in [-0.39, 0.29) is 17.0 Å². The molecule has 0 atom stereocenters. The first-order chi connectivity index (χ1) is 18.0. The molecule has 0 aliphatic carbocycles. The van der Waals surface area contributed by atoms with Gasteiger partial charge >= 0.3 is 5.97 Å². The summed E-state index contributed by atoms with van der Waals surface area (Å²) in [5, 5.41) is 11.8. The van der Waals surface area contributed by atoms with Crippen LogP contribution in [0.1, 0.15) is 37.0 Å². The smallest absolute Gasteiger partial charge is 0.318 e. The molecule has 1 N–H and O–H groups in total. The highest BCUT2D eigenvalue weighted by molar-refractivity contribution is 7.89. The van der Waals surface area contributed by atoms with Crippen LogP contribution in [0.3, 0.4) is 0 Å². The zero-order valence-electron chi connectivity index (χ0n) is 21.8. The van der Waals surface area contributed by atoms with Crippen molar-refractivity contribution in [1.82, 2.24) is 4.31 Å². The van der Waals surface area contributed by atoms with Gasteiger partial charge in [0.2, 0.25) is 10.0 Å². The number of carboxylic acid groups (broad SMARTS) is 1. The Labute approximate surface area is 223 Å². The maximum Gasteiger partial charge on any atom is 0.318 e. The monoisotopic (exact) mass is 529 g/mol. The second-order valence-electron chi connectivity index (χ2n) is 10.5. The van der Waals surface area contributed by atoms with Gasteiger partial charge in [-0.15, -0.1) is 0 Å². The Kier molecular flexibility index (Phi) is 6.75. The van der Waals surface area contributed by atoms with Gasteiger partial charge in [0.15, 0.2) is 0 Å².